The van der Waals surface area contributed by atoms with E-state index in [-0.39, 0.29) is 0 Å². The van der Waals surface area contributed by atoms with Crippen LogP contribution in [0.25, 0.3) is 11.3 Å². The van der Waals surface area contributed by atoms with Crippen molar-refractivity contribution in [2.75, 3.05) is 11.9 Å². The summed E-state index contributed by atoms with van der Waals surface area (Å²) in [4.78, 5) is 9.31. The number of aryl methyl sites for hydroxylation is 2. The van der Waals surface area contributed by atoms with Crippen molar-refractivity contribution in [3.8, 4) is 11.3 Å². The van der Waals surface area contributed by atoms with Crippen LogP contribution in [0.15, 0.2) is 28.7 Å². The van der Waals surface area contributed by atoms with Gasteiger partial charge in [0.15, 0.2) is 5.82 Å². The first kappa shape index (κ1) is 14.0. The molecule has 0 spiro atoms. The molecule has 0 amide bonds. The van der Waals surface area contributed by atoms with Gasteiger partial charge < -0.3 is 5.32 Å². The molecule has 2 aromatic rings. The minimum absolute atomic E-state index is 0.868. The molecule has 0 aliphatic heterocycles. The Morgan fingerprint density at radius 3 is 2.32 bits per heavy atom. The highest BCUT2D eigenvalue weighted by atomic mass is 79.9. The van der Waals surface area contributed by atoms with E-state index < -0.39 is 0 Å². The highest BCUT2D eigenvalue weighted by molar-refractivity contribution is 9.10. The number of nitrogens with one attached hydrogen (secondary N) is 1. The minimum Gasteiger partial charge on any atom is -0.368 e. The molecule has 0 aliphatic rings. The Bertz CT molecular complexity index is 564. The van der Waals surface area contributed by atoms with Crippen LogP contribution in [0.3, 0.4) is 0 Å². The highest BCUT2D eigenvalue weighted by Gasteiger charge is 2.10. The molecular weight excluding hydrogens is 302 g/mol. The number of anilines is 1. The zero-order valence-corrected chi connectivity index (χ0v) is 13.1. The largest absolute Gasteiger partial charge is 0.368 e. The zero-order chi connectivity index (χ0) is 13.8. The first-order valence-electron chi connectivity index (χ1n) is 6.47. The Kier molecular flexibility index (Phi) is 4.53. The summed E-state index contributed by atoms with van der Waals surface area (Å²) in [5.74, 6) is 0.868. The van der Waals surface area contributed by atoms with Crippen LogP contribution in [0.4, 0.5) is 5.82 Å². The number of nitrogens with zero attached hydrogens (tertiary/aromatic N) is 2. The number of halogens is 1. The van der Waals surface area contributed by atoms with Gasteiger partial charge in [0.2, 0.25) is 0 Å². The van der Waals surface area contributed by atoms with E-state index in [9.17, 15) is 0 Å². The molecule has 4 heteroatoms. The molecule has 0 radical (unpaired) electrons. The van der Waals surface area contributed by atoms with E-state index in [1.54, 1.807) is 0 Å². The van der Waals surface area contributed by atoms with Gasteiger partial charge in [0.05, 0.1) is 11.4 Å². The second-order valence-corrected chi connectivity index (χ2v) is 5.44. The fourth-order valence-electron chi connectivity index (χ4n) is 1.78. The van der Waals surface area contributed by atoms with E-state index in [2.05, 4.69) is 50.3 Å². The van der Waals surface area contributed by atoms with Gasteiger partial charge in [-0.3, -0.25) is 0 Å². The van der Waals surface area contributed by atoms with Crippen molar-refractivity contribution in [1.29, 1.82) is 0 Å². The number of hydrogen-bond donors (Lipinski definition) is 1. The molecule has 0 aliphatic carbocycles. The van der Waals surface area contributed by atoms with Crippen molar-refractivity contribution in [3.63, 3.8) is 0 Å². The molecule has 1 aromatic heterocycles. The van der Waals surface area contributed by atoms with Gasteiger partial charge >= 0.3 is 0 Å². The van der Waals surface area contributed by atoms with Crippen LogP contribution in [-0.4, -0.2) is 16.5 Å². The summed E-state index contributed by atoms with van der Waals surface area (Å²) in [5, 5.41) is 3.36. The molecule has 1 heterocycles. The number of aromatic nitrogens is 2. The standard InChI is InChI=1S/C15H18BrN3/c1-4-9-17-15-14(18-10(2)11(3)19-15)12-5-7-13(16)8-6-12/h5-8H,4,9H2,1-3H3,(H,17,19). The van der Waals surface area contributed by atoms with Crippen LogP contribution < -0.4 is 5.32 Å². The number of rotatable bonds is 4. The van der Waals surface area contributed by atoms with Gasteiger partial charge in [-0.1, -0.05) is 35.0 Å². The topological polar surface area (TPSA) is 37.8 Å². The fourth-order valence-corrected chi connectivity index (χ4v) is 2.04. The van der Waals surface area contributed by atoms with Gasteiger partial charge in [0, 0.05) is 16.6 Å². The van der Waals surface area contributed by atoms with Crippen LogP contribution in [0.2, 0.25) is 0 Å². The lowest BCUT2D eigenvalue weighted by atomic mass is 10.1. The molecule has 0 atom stereocenters. The SMILES string of the molecule is CCCNc1nc(C)c(C)nc1-c1ccc(Br)cc1. The number of benzene rings is 1. The summed E-state index contributed by atoms with van der Waals surface area (Å²) >= 11 is 3.45. The third kappa shape index (κ3) is 3.32. The predicted molar refractivity (Wildman–Crippen MR) is 83.4 cm³/mol. The Morgan fingerprint density at radius 1 is 1.05 bits per heavy atom. The average molecular weight is 320 g/mol. The van der Waals surface area contributed by atoms with Gasteiger partial charge in [-0.2, -0.15) is 0 Å². The Morgan fingerprint density at radius 2 is 1.68 bits per heavy atom. The molecule has 0 fully saturated rings. The second kappa shape index (κ2) is 6.15. The molecular formula is C15H18BrN3. The fraction of sp³-hybridized carbons (Fsp3) is 0.333. The van der Waals surface area contributed by atoms with Gasteiger partial charge in [0.1, 0.15) is 5.69 Å². The van der Waals surface area contributed by atoms with E-state index in [0.29, 0.717) is 0 Å². The summed E-state index contributed by atoms with van der Waals surface area (Å²) in [6.07, 6.45) is 1.06. The maximum atomic E-state index is 4.69. The van der Waals surface area contributed by atoms with Crippen molar-refractivity contribution in [2.24, 2.45) is 0 Å². The van der Waals surface area contributed by atoms with Crippen molar-refractivity contribution in [1.82, 2.24) is 9.97 Å². The van der Waals surface area contributed by atoms with Crippen LogP contribution in [0.5, 0.6) is 0 Å². The van der Waals surface area contributed by atoms with E-state index in [0.717, 1.165) is 45.9 Å². The summed E-state index contributed by atoms with van der Waals surface area (Å²) in [7, 11) is 0. The molecule has 0 saturated heterocycles. The quantitative estimate of drug-likeness (QED) is 0.910. The van der Waals surface area contributed by atoms with Gasteiger partial charge in [-0.25, -0.2) is 9.97 Å². The predicted octanol–water partition coefficient (Wildman–Crippen LogP) is 4.34. The Balaban J connectivity index is 2.47. The normalized spacial score (nSPS) is 10.5. The maximum absolute atomic E-state index is 4.69. The lowest BCUT2D eigenvalue weighted by Gasteiger charge is -2.12. The van der Waals surface area contributed by atoms with Crippen LogP contribution in [0.1, 0.15) is 24.7 Å². The Labute approximate surface area is 122 Å². The van der Waals surface area contributed by atoms with Crippen molar-refractivity contribution >= 4 is 21.7 Å². The molecule has 2 rings (SSSR count). The molecule has 100 valence electrons. The van der Waals surface area contributed by atoms with Crippen molar-refractivity contribution in [2.45, 2.75) is 27.2 Å². The first-order valence-corrected chi connectivity index (χ1v) is 7.26. The monoisotopic (exact) mass is 319 g/mol. The molecule has 1 N–H and O–H groups in total. The minimum atomic E-state index is 0.868. The van der Waals surface area contributed by atoms with Gasteiger partial charge in [-0.05, 0) is 32.4 Å². The lowest BCUT2D eigenvalue weighted by Crippen LogP contribution is -2.07. The number of hydrogen-bond acceptors (Lipinski definition) is 3. The van der Waals surface area contributed by atoms with Gasteiger partial charge in [0.25, 0.3) is 0 Å². The lowest BCUT2D eigenvalue weighted by molar-refractivity contribution is 0.953. The smallest absolute Gasteiger partial charge is 0.152 e. The van der Waals surface area contributed by atoms with Crippen molar-refractivity contribution in [3.05, 3.63) is 40.1 Å². The van der Waals surface area contributed by atoms with Gasteiger partial charge in [-0.15, -0.1) is 0 Å². The molecule has 3 nitrogen and oxygen atoms in total. The highest BCUT2D eigenvalue weighted by Crippen LogP contribution is 2.26. The van der Waals surface area contributed by atoms with E-state index in [1.165, 1.54) is 0 Å². The van der Waals surface area contributed by atoms with E-state index in [1.807, 2.05) is 26.0 Å². The molecule has 0 bridgehead atoms. The summed E-state index contributed by atoms with van der Waals surface area (Å²) in [6, 6.07) is 8.16. The summed E-state index contributed by atoms with van der Waals surface area (Å²) < 4.78 is 1.07. The Hall–Kier alpha value is -1.42. The van der Waals surface area contributed by atoms with Crippen LogP contribution >= 0.6 is 15.9 Å². The average Bonchev–Trinajstić information content (AvgIpc) is 2.41. The molecule has 1 aromatic carbocycles. The van der Waals surface area contributed by atoms with E-state index in [4.69, 9.17) is 0 Å². The first-order chi connectivity index (χ1) is 9.11. The third-order valence-electron chi connectivity index (χ3n) is 2.97. The second-order valence-electron chi connectivity index (χ2n) is 4.53. The third-order valence-corrected chi connectivity index (χ3v) is 3.50. The zero-order valence-electron chi connectivity index (χ0n) is 11.5. The molecule has 0 unspecified atom stereocenters. The van der Waals surface area contributed by atoms with Crippen LogP contribution in [0, 0.1) is 13.8 Å². The van der Waals surface area contributed by atoms with Crippen molar-refractivity contribution < 1.29 is 0 Å². The summed E-state index contributed by atoms with van der Waals surface area (Å²) in [5.41, 5.74) is 3.95. The maximum Gasteiger partial charge on any atom is 0.152 e. The van der Waals surface area contributed by atoms with Crippen LogP contribution in [-0.2, 0) is 0 Å². The summed E-state index contributed by atoms with van der Waals surface area (Å²) in [6.45, 7) is 7.03. The van der Waals surface area contributed by atoms with E-state index >= 15 is 0 Å². The molecule has 0 saturated carbocycles. The molecule has 19 heavy (non-hydrogen) atoms.